The summed E-state index contributed by atoms with van der Waals surface area (Å²) in [5.74, 6) is 0.891. The van der Waals surface area contributed by atoms with Gasteiger partial charge in [0.2, 0.25) is 0 Å². The van der Waals surface area contributed by atoms with Crippen LogP contribution in [0.25, 0.3) is 11.3 Å². The van der Waals surface area contributed by atoms with Gasteiger partial charge >= 0.3 is 0 Å². The Morgan fingerprint density at radius 2 is 1.94 bits per heavy atom. The Hall–Kier alpha value is -1.32. The summed E-state index contributed by atoms with van der Waals surface area (Å²) >= 11 is 5.86. The van der Waals surface area contributed by atoms with Gasteiger partial charge in [-0.15, -0.1) is 0 Å². The van der Waals surface area contributed by atoms with E-state index in [1.165, 1.54) is 0 Å². The van der Waals surface area contributed by atoms with E-state index in [1.54, 1.807) is 0 Å². The van der Waals surface area contributed by atoms with Gasteiger partial charge in [-0.3, -0.25) is 0 Å². The standard InChI is InChI=1S/C12H14ClN3/c1-8-12(15-11(7-14)16(8)2)9-3-5-10(13)6-4-9/h3-6H,7,14H2,1-2H3. The zero-order valence-electron chi connectivity index (χ0n) is 9.37. The van der Waals surface area contributed by atoms with Gasteiger partial charge in [0.15, 0.2) is 0 Å². The number of benzene rings is 1. The number of nitrogens with two attached hydrogens (primary N) is 1. The summed E-state index contributed by atoms with van der Waals surface area (Å²) in [6.45, 7) is 2.49. The second-order valence-electron chi connectivity index (χ2n) is 3.73. The van der Waals surface area contributed by atoms with Crippen LogP contribution in [-0.4, -0.2) is 9.55 Å². The third-order valence-corrected chi connectivity index (χ3v) is 3.03. The summed E-state index contributed by atoms with van der Waals surface area (Å²) in [4.78, 5) is 4.52. The van der Waals surface area contributed by atoms with Crippen molar-refractivity contribution >= 4 is 11.6 Å². The molecule has 16 heavy (non-hydrogen) atoms. The van der Waals surface area contributed by atoms with E-state index in [0.29, 0.717) is 6.54 Å². The normalized spacial score (nSPS) is 10.8. The highest BCUT2D eigenvalue weighted by molar-refractivity contribution is 6.30. The van der Waals surface area contributed by atoms with Crippen molar-refractivity contribution in [3.05, 3.63) is 40.8 Å². The number of hydrogen-bond donors (Lipinski definition) is 1. The van der Waals surface area contributed by atoms with Crippen LogP contribution < -0.4 is 5.73 Å². The Morgan fingerprint density at radius 1 is 1.31 bits per heavy atom. The van der Waals surface area contributed by atoms with Gasteiger partial charge in [-0.2, -0.15) is 0 Å². The average Bonchev–Trinajstić information content (AvgIpc) is 2.57. The second kappa shape index (κ2) is 4.28. The topological polar surface area (TPSA) is 43.8 Å². The number of halogens is 1. The van der Waals surface area contributed by atoms with Crippen LogP contribution in [0.3, 0.4) is 0 Å². The molecule has 0 fully saturated rings. The summed E-state index contributed by atoms with van der Waals surface area (Å²) < 4.78 is 2.02. The number of imidazole rings is 1. The molecule has 0 saturated carbocycles. The van der Waals surface area contributed by atoms with E-state index < -0.39 is 0 Å². The molecular weight excluding hydrogens is 222 g/mol. The first-order valence-corrected chi connectivity index (χ1v) is 5.49. The third-order valence-electron chi connectivity index (χ3n) is 2.77. The van der Waals surface area contributed by atoms with Crippen molar-refractivity contribution in [2.75, 3.05) is 0 Å². The van der Waals surface area contributed by atoms with Crippen molar-refractivity contribution in [3.8, 4) is 11.3 Å². The molecule has 3 nitrogen and oxygen atoms in total. The lowest BCUT2D eigenvalue weighted by Crippen LogP contribution is -2.05. The van der Waals surface area contributed by atoms with Crippen molar-refractivity contribution in [2.24, 2.45) is 12.8 Å². The van der Waals surface area contributed by atoms with Gasteiger partial charge in [0, 0.05) is 23.3 Å². The van der Waals surface area contributed by atoms with E-state index in [0.717, 1.165) is 27.8 Å². The van der Waals surface area contributed by atoms with Crippen molar-refractivity contribution < 1.29 is 0 Å². The SMILES string of the molecule is Cc1c(-c2ccc(Cl)cc2)nc(CN)n1C. The third kappa shape index (κ3) is 1.84. The van der Waals surface area contributed by atoms with E-state index >= 15 is 0 Å². The number of aromatic nitrogens is 2. The maximum atomic E-state index is 5.86. The van der Waals surface area contributed by atoms with E-state index in [4.69, 9.17) is 17.3 Å². The molecule has 2 N–H and O–H groups in total. The molecular formula is C12H14ClN3. The molecule has 0 amide bonds. The van der Waals surface area contributed by atoms with Crippen LogP contribution in [-0.2, 0) is 13.6 Å². The highest BCUT2D eigenvalue weighted by atomic mass is 35.5. The van der Waals surface area contributed by atoms with E-state index in [9.17, 15) is 0 Å². The first kappa shape index (κ1) is 11.2. The summed E-state index contributed by atoms with van der Waals surface area (Å²) in [5, 5.41) is 0.733. The van der Waals surface area contributed by atoms with Crippen molar-refractivity contribution in [2.45, 2.75) is 13.5 Å². The molecule has 0 aliphatic rings. The van der Waals surface area contributed by atoms with Gasteiger partial charge in [0.1, 0.15) is 5.82 Å². The van der Waals surface area contributed by atoms with Crippen LogP contribution in [0.5, 0.6) is 0 Å². The Kier molecular flexibility index (Phi) is 2.99. The highest BCUT2D eigenvalue weighted by Gasteiger charge is 2.11. The summed E-state index contributed by atoms with van der Waals surface area (Å²) in [5.41, 5.74) is 8.78. The van der Waals surface area contributed by atoms with Gasteiger partial charge < -0.3 is 10.3 Å². The largest absolute Gasteiger partial charge is 0.334 e. The fourth-order valence-electron chi connectivity index (χ4n) is 1.70. The van der Waals surface area contributed by atoms with Crippen LogP contribution in [0.4, 0.5) is 0 Å². The van der Waals surface area contributed by atoms with Gasteiger partial charge in [-0.05, 0) is 19.1 Å². The van der Waals surface area contributed by atoms with E-state index in [-0.39, 0.29) is 0 Å². The molecule has 0 radical (unpaired) electrons. The molecule has 2 rings (SSSR count). The minimum absolute atomic E-state index is 0.449. The van der Waals surface area contributed by atoms with Crippen LogP contribution in [0, 0.1) is 6.92 Å². The molecule has 0 bridgehead atoms. The molecule has 4 heteroatoms. The lowest BCUT2D eigenvalue weighted by Gasteiger charge is -2.00. The maximum Gasteiger partial charge on any atom is 0.123 e. The van der Waals surface area contributed by atoms with Crippen LogP contribution in [0.15, 0.2) is 24.3 Å². The molecule has 0 saturated heterocycles. The molecule has 1 aromatic carbocycles. The summed E-state index contributed by atoms with van der Waals surface area (Å²) in [7, 11) is 1.98. The predicted molar refractivity (Wildman–Crippen MR) is 66.3 cm³/mol. The summed E-state index contributed by atoms with van der Waals surface area (Å²) in [6, 6.07) is 7.68. The van der Waals surface area contributed by atoms with Gasteiger partial charge in [0.05, 0.1) is 12.2 Å². The Balaban J connectivity index is 2.52. The number of hydrogen-bond acceptors (Lipinski definition) is 2. The van der Waals surface area contributed by atoms with E-state index in [2.05, 4.69) is 4.98 Å². The molecule has 0 spiro atoms. The molecule has 84 valence electrons. The number of nitrogens with zero attached hydrogens (tertiary/aromatic N) is 2. The fourth-order valence-corrected chi connectivity index (χ4v) is 1.83. The van der Waals surface area contributed by atoms with E-state index in [1.807, 2.05) is 42.8 Å². The van der Waals surface area contributed by atoms with Crippen molar-refractivity contribution in [1.82, 2.24) is 9.55 Å². The van der Waals surface area contributed by atoms with Crippen molar-refractivity contribution in [1.29, 1.82) is 0 Å². The van der Waals surface area contributed by atoms with Crippen molar-refractivity contribution in [3.63, 3.8) is 0 Å². The molecule has 1 heterocycles. The Labute approximate surface area is 99.9 Å². The molecule has 1 aromatic heterocycles. The maximum absolute atomic E-state index is 5.86. The number of rotatable bonds is 2. The first-order valence-electron chi connectivity index (χ1n) is 5.11. The molecule has 2 aromatic rings. The zero-order valence-corrected chi connectivity index (χ0v) is 10.1. The van der Waals surface area contributed by atoms with Crippen LogP contribution in [0.1, 0.15) is 11.5 Å². The molecule has 0 aliphatic carbocycles. The van der Waals surface area contributed by atoms with Gasteiger partial charge in [-0.1, -0.05) is 23.7 Å². The fraction of sp³-hybridized carbons (Fsp3) is 0.250. The van der Waals surface area contributed by atoms with Gasteiger partial charge in [0.25, 0.3) is 0 Å². The summed E-state index contributed by atoms with van der Waals surface area (Å²) in [6.07, 6.45) is 0. The van der Waals surface area contributed by atoms with Gasteiger partial charge in [-0.25, -0.2) is 4.98 Å². The monoisotopic (exact) mass is 235 g/mol. The lowest BCUT2D eigenvalue weighted by atomic mass is 10.1. The highest BCUT2D eigenvalue weighted by Crippen LogP contribution is 2.24. The van der Waals surface area contributed by atoms with Crippen LogP contribution in [0.2, 0.25) is 5.02 Å². The smallest absolute Gasteiger partial charge is 0.123 e. The first-order chi connectivity index (χ1) is 7.63. The Bertz CT molecular complexity index is 500. The molecule has 0 atom stereocenters. The average molecular weight is 236 g/mol. The quantitative estimate of drug-likeness (QED) is 0.869. The predicted octanol–water partition coefficient (Wildman–Crippen LogP) is 2.51. The molecule has 0 unspecified atom stereocenters. The molecule has 0 aliphatic heterocycles. The minimum Gasteiger partial charge on any atom is -0.334 e. The zero-order chi connectivity index (χ0) is 11.7. The lowest BCUT2D eigenvalue weighted by molar-refractivity contribution is 0.774. The van der Waals surface area contributed by atoms with Crippen LogP contribution >= 0.6 is 11.6 Å². The minimum atomic E-state index is 0.449. The second-order valence-corrected chi connectivity index (χ2v) is 4.17. The Morgan fingerprint density at radius 3 is 2.44 bits per heavy atom.